The average molecular weight is 449 g/mol. The zero-order chi connectivity index (χ0) is 22.2. The van der Waals surface area contributed by atoms with Crippen LogP contribution in [0.15, 0.2) is 41.9 Å². The third-order valence-electron chi connectivity index (χ3n) is 5.53. The molecule has 0 unspecified atom stereocenters. The molecule has 0 bridgehead atoms. The van der Waals surface area contributed by atoms with Crippen molar-refractivity contribution in [1.82, 2.24) is 19.7 Å². The Labute approximate surface area is 190 Å². The molecule has 164 valence electrons. The van der Waals surface area contributed by atoms with Gasteiger partial charge in [0.2, 0.25) is 0 Å². The summed E-state index contributed by atoms with van der Waals surface area (Å²) in [5, 5.41) is 7.97. The molecular formula is C24H24N4O3S. The molecule has 5 rings (SSSR count). The number of aromatic nitrogens is 4. The van der Waals surface area contributed by atoms with Gasteiger partial charge in [-0.3, -0.25) is 0 Å². The average Bonchev–Trinajstić information content (AvgIpc) is 3.39. The van der Waals surface area contributed by atoms with Gasteiger partial charge in [0, 0.05) is 28.6 Å². The first kappa shape index (κ1) is 20.6. The van der Waals surface area contributed by atoms with Crippen LogP contribution in [-0.4, -0.2) is 32.8 Å². The van der Waals surface area contributed by atoms with Crippen LogP contribution >= 0.6 is 11.3 Å². The molecule has 3 aromatic heterocycles. The molecule has 0 spiro atoms. The van der Waals surface area contributed by atoms with E-state index in [4.69, 9.17) is 14.5 Å². The highest BCUT2D eigenvalue weighted by molar-refractivity contribution is 7.13. The topological polar surface area (TPSA) is 79.1 Å². The number of carbonyl (C=O) groups excluding carboxylic acids is 1. The molecule has 1 aromatic carbocycles. The molecule has 7 nitrogen and oxygen atoms in total. The summed E-state index contributed by atoms with van der Waals surface area (Å²) in [5.41, 5.74) is 3.93. The highest BCUT2D eigenvalue weighted by atomic mass is 32.1. The van der Waals surface area contributed by atoms with Crippen molar-refractivity contribution in [3.8, 4) is 16.3 Å². The lowest BCUT2D eigenvalue weighted by Gasteiger charge is -2.10. The normalized spacial score (nSPS) is 13.6. The fourth-order valence-corrected chi connectivity index (χ4v) is 4.44. The Kier molecular flexibility index (Phi) is 5.38. The number of nitrogens with zero attached hydrogens (tertiary/aromatic N) is 4. The van der Waals surface area contributed by atoms with Gasteiger partial charge < -0.3 is 9.47 Å². The Bertz CT molecular complexity index is 1270. The Morgan fingerprint density at radius 2 is 2.00 bits per heavy atom. The van der Waals surface area contributed by atoms with E-state index in [0.29, 0.717) is 11.5 Å². The molecule has 1 aliphatic carbocycles. The van der Waals surface area contributed by atoms with Gasteiger partial charge >= 0.3 is 5.97 Å². The third-order valence-corrected chi connectivity index (χ3v) is 6.47. The van der Waals surface area contributed by atoms with Crippen LogP contribution in [0.4, 0.5) is 0 Å². The van der Waals surface area contributed by atoms with Crippen LogP contribution in [0, 0.1) is 0 Å². The van der Waals surface area contributed by atoms with Gasteiger partial charge in [0.1, 0.15) is 17.4 Å². The first-order valence-corrected chi connectivity index (χ1v) is 11.6. The van der Waals surface area contributed by atoms with Crippen LogP contribution in [0.3, 0.4) is 0 Å². The lowest BCUT2D eigenvalue weighted by molar-refractivity contribution is 0.0470. The Morgan fingerprint density at radius 3 is 2.69 bits per heavy atom. The zero-order valence-electron chi connectivity index (χ0n) is 18.2. The second kappa shape index (κ2) is 8.35. The van der Waals surface area contributed by atoms with Gasteiger partial charge in [-0.15, -0.1) is 11.3 Å². The summed E-state index contributed by atoms with van der Waals surface area (Å²) in [6.07, 6.45) is 3.92. The van der Waals surface area contributed by atoms with Crippen LogP contribution in [0.25, 0.3) is 21.6 Å². The van der Waals surface area contributed by atoms with E-state index in [1.807, 2.05) is 40.4 Å². The highest BCUT2D eigenvalue weighted by Gasteiger charge is 2.28. The van der Waals surface area contributed by atoms with E-state index in [1.165, 1.54) is 11.3 Å². The summed E-state index contributed by atoms with van der Waals surface area (Å²) in [7, 11) is 1.64. The predicted molar refractivity (Wildman–Crippen MR) is 123 cm³/mol. The molecule has 0 atom stereocenters. The maximum atomic E-state index is 13.0. The summed E-state index contributed by atoms with van der Waals surface area (Å²) < 4.78 is 12.7. The number of benzene rings is 1. The number of esters is 1. The summed E-state index contributed by atoms with van der Waals surface area (Å²) in [5.74, 6) is 0.850. The molecule has 0 radical (unpaired) electrons. The van der Waals surface area contributed by atoms with Crippen LogP contribution in [0.1, 0.15) is 60.4 Å². The summed E-state index contributed by atoms with van der Waals surface area (Å²) in [6.45, 7) is 4.23. The highest BCUT2D eigenvalue weighted by Crippen LogP contribution is 2.40. The quantitative estimate of drug-likeness (QED) is 0.353. The van der Waals surface area contributed by atoms with Crippen LogP contribution in [-0.2, 0) is 11.3 Å². The molecule has 0 saturated heterocycles. The number of thiazole rings is 1. The van der Waals surface area contributed by atoms with Crippen molar-refractivity contribution in [1.29, 1.82) is 0 Å². The molecule has 32 heavy (non-hydrogen) atoms. The van der Waals surface area contributed by atoms with Crippen molar-refractivity contribution in [2.75, 3.05) is 7.11 Å². The van der Waals surface area contributed by atoms with Gasteiger partial charge in [0.05, 0.1) is 30.0 Å². The minimum absolute atomic E-state index is 0.117. The van der Waals surface area contributed by atoms with Crippen molar-refractivity contribution in [3.05, 3.63) is 58.9 Å². The van der Waals surface area contributed by atoms with E-state index < -0.39 is 0 Å². The molecular weight excluding hydrogens is 424 g/mol. The van der Waals surface area contributed by atoms with Gasteiger partial charge in [0.25, 0.3) is 0 Å². The Hall–Kier alpha value is -3.26. The smallest absolute Gasteiger partial charge is 0.339 e. The zero-order valence-corrected chi connectivity index (χ0v) is 19.1. The fourth-order valence-electron chi connectivity index (χ4n) is 3.63. The van der Waals surface area contributed by atoms with Crippen LogP contribution < -0.4 is 4.74 Å². The Morgan fingerprint density at radius 1 is 1.22 bits per heavy atom. The van der Waals surface area contributed by atoms with Crippen molar-refractivity contribution < 1.29 is 14.3 Å². The minimum atomic E-state index is -0.374. The molecule has 0 aliphatic heterocycles. The SMILES string of the molecule is COc1ccc(-c2nc(COC(=O)c3cc(C4CC4)nc4c3cnn4C(C)C)cs2)cc1. The lowest BCUT2D eigenvalue weighted by atomic mass is 10.1. The molecule has 8 heteroatoms. The summed E-state index contributed by atoms with van der Waals surface area (Å²) in [4.78, 5) is 22.4. The van der Waals surface area contributed by atoms with Crippen LogP contribution in [0.2, 0.25) is 0 Å². The standard InChI is InChI=1S/C24H24N4O3S/c1-14(2)28-22-20(11-25-28)19(10-21(27-22)15-4-5-15)24(29)31-12-17-13-32-23(26-17)16-6-8-18(30-3)9-7-16/h6-11,13-15H,4-5,12H2,1-3H3. The summed E-state index contributed by atoms with van der Waals surface area (Å²) >= 11 is 1.52. The van der Waals surface area contributed by atoms with Gasteiger partial charge in [-0.2, -0.15) is 5.10 Å². The fraction of sp³-hybridized carbons (Fsp3) is 0.333. The van der Waals surface area contributed by atoms with Gasteiger partial charge in [-0.1, -0.05) is 0 Å². The first-order chi connectivity index (χ1) is 15.5. The van der Waals surface area contributed by atoms with Crippen molar-refractivity contribution in [2.45, 2.75) is 45.3 Å². The predicted octanol–water partition coefficient (Wildman–Crippen LogP) is 5.38. The van der Waals surface area contributed by atoms with Gasteiger partial charge in [0.15, 0.2) is 5.65 Å². The monoisotopic (exact) mass is 448 g/mol. The number of hydrogen-bond donors (Lipinski definition) is 0. The minimum Gasteiger partial charge on any atom is -0.497 e. The van der Waals surface area contributed by atoms with E-state index in [2.05, 4.69) is 23.9 Å². The number of methoxy groups -OCH3 is 1. The number of pyridine rings is 1. The number of hydrogen-bond acceptors (Lipinski definition) is 7. The third kappa shape index (κ3) is 3.98. The van der Waals surface area contributed by atoms with Crippen molar-refractivity contribution >= 4 is 28.3 Å². The van der Waals surface area contributed by atoms with Gasteiger partial charge in [-0.25, -0.2) is 19.4 Å². The largest absolute Gasteiger partial charge is 0.497 e. The summed E-state index contributed by atoms with van der Waals surface area (Å²) in [6, 6.07) is 9.77. The first-order valence-electron chi connectivity index (χ1n) is 10.7. The number of fused-ring (bicyclic) bond motifs is 1. The Balaban J connectivity index is 1.36. The van der Waals surface area contributed by atoms with E-state index in [-0.39, 0.29) is 18.6 Å². The molecule has 3 heterocycles. The van der Waals surface area contributed by atoms with E-state index >= 15 is 0 Å². The van der Waals surface area contributed by atoms with Crippen molar-refractivity contribution in [3.63, 3.8) is 0 Å². The number of ether oxygens (including phenoxy) is 2. The van der Waals surface area contributed by atoms with Crippen LogP contribution in [0.5, 0.6) is 5.75 Å². The molecule has 1 fully saturated rings. The lowest BCUT2D eigenvalue weighted by Crippen LogP contribution is -2.09. The maximum absolute atomic E-state index is 13.0. The van der Waals surface area contributed by atoms with E-state index in [0.717, 1.165) is 51.6 Å². The molecule has 1 saturated carbocycles. The van der Waals surface area contributed by atoms with Gasteiger partial charge in [-0.05, 0) is 57.0 Å². The molecule has 0 N–H and O–H groups in total. The number of carbonyl (C=O) groups is 1. The van der Waals surface area contributed by atoms with Crippen molar-refractivity contribution in [2.24, 2.45) is 0 Å². The molecule has 1 aliphatic rings. The number of rotatable bonds is 7. The van der Waals surface area contributed by atoms with E-state index in [1.54, 1.807) is 13.3 Å². The second-order valence-electron chi connectivity index (χ2n) is 8.24. The second-order valence-corrected chi connectivity index (χ2v) is 9.10. The van der Waals surface area contributed by atoms with E-state index in [9.17, 15) is 4.79 Å². The maximum Gasteiger partial charge on any atom is 0.339 e. The molecule has 4 aromatic rings. The molecule has 0 amide bonds.